The fourth-order valence-electron chi connectivity index (χ4n) is 3.78. The minimum Gasteiger partial charge on any atom is -0.360 e. The third-order valence-corrected chi connectivity index (χ3v) is 5.81. The fraction of sp³-hybridized carbons (Fsp3) is 0.250. The molecule has 0 saturated carbocycles. The van der Waals surface area contributed by atoms with E-state index in [1.807, 2.05) is 41.3 Å². The molecular weight excluding hydrogens is 398 g/mol. The number of carbonyl (C=O) groups excluding carboxylic acids is 1. The highest BCUT2D eigenvalue weighted by Crippen LogP contribution is 2.31. The molecular formula is C24H25ClN3O2+. The number of nitrogens with zero attached hydrogens (tertiary/aromatic N) is 2. The van der Waals surface area contributed by atoms with E-state index in [9.17, 15) is 4.79 Å². The normalized spacial score (nSPS) is 15.1. The minimum absolute atomic E-state index is 0.0393. The van der Waals surface area contributed by atoms with Crippen LogP contribution in [0.25, 0.3) is 17.3 Å². The Labute approximate surface area is 181 Å². The lowest BCUT2D eigenvalue weighted by Crippen LogP contribution is -3.14. The number of hydrogen-bond acceptors (Lipinski definition) is 3. The number of amides is 1. The summed E-state index contributed by atoms with van der Waals surface area (Å²) in [6.45, 7) is 5.97. The van der Waals surface area contributed by atoms with E-state index in [0.29, 0.717) is 35.1 Å². The van der Waals surface area contributed by atoms with E-state index >= 15 is 0 Å². The monoisotopic (exact) mass is 422 g/mol. The first-order chi connectivity index (χ1) is 14.6. The smallest absolute Gasteiger partial charge is 0.260 e. The van der Waals surface area contributed by atoms with Gasteiger partial charge in [0.1, 0.15) is 17.0 Å². The zero-order chi connectivity index (χ0) is 20.9. The summed E-state index contributed by atoms with van der Waals surface area (Å²) in [6, 6.07) is 17.7. The molecule has 30 heavy (non-hydrogen) atoms. The van der Waals surface area contributed by atoms with Gasteiger partial charge >= 0.3 is 0 Å². The Morgan fingerprint density at radius 1 is 1.13 bits per heavy atom. The Hall–Kier alpha value is -2.89. The largest absolute Gasteiger partial charge is 0.360 e. The molecule has 0 spiro atoms. The van der Waals surface area contributed by atoms with Crippen molar-refractivity contribution in [1.82, 2.24) is 10.1 Å². The average molecular weight is 423 g/mol. The topological polar surface area (TPSA) is 50.8 Å². The van der Waals surface area contributed by atoms with Crippen LogP contribution in [0.15, 0.2) is 65.2 Å². The summed E-state index contributed by atoms with van der Waals surface area (Å²) in [7, 11) is 0. The predicted octanol–water partition coefficient (Wildman–Crippen LogP) is 3.36. The number of nitrogens with one attached hydrogen (secondary N) is 1. The van der Waals surface area contributed by atoms with Crippen molar-refractivity contribution in [3.8, 4) is 11.3 Å². The summed E-state index contributed by atoms with van der Waals surface area (Å²) in [4.78, 5) is 16.6. The zero-order valence-corrected chi connectivity index (χ0v) is 17.7. The van der Waals surface area contributed by atoms with Crippen LogP contribution >= 0.6 is 11.6 Å². The number of halogens is 1. The molecule has 0 aliphatic carbocycles. The highest BCUT2D eigenvalue weighted by molar-refractivity contribution is 6.33. The van der Waals surface area contributed by atoms with Gasteiger partial charge in [0.2, 0.25) is 0 Å². The number of carbonyl (C=O) groups is 1. The van der Waals surface area contributed by atoms with Crippen molar-refractivity contribution in [3.05, 3.63) is 82.6 Å². The van der Waals surface area contributed by atoms with E-state index in [0.717, 1.165) is 25.2 Å². The molecule has 0 radical (unpaired) electrons. The fourth-order valence-corrected chi connectivity index (χ4v) is 4.00. The molecule has 5 nitrogen and oxygen atoms in total. The lowest BCUT2D eigenvalue weighted by molar-refractivity contribution is -0.898. The molecule has 1 N–H and O–H groups in total. The Bertz CT molecular complexity index is 1040. The first-order valence-electron chi connectivity index (χ1n) is 10.2. The molecule has 154 valence electrons. The highest BCUT2D eigenvalue weighted by atomic mass is 35.5. The molecule has 1 saturated heterocycles. The molecule has 1 aromatic heterocycles. The number of rotatable bonds is 5. The summed E-state index contributed by atoms with van der Waals surface area (Å²) in [5, 5.41) is 4.68. The maximum absolute atomic E-state index is 13.3. The Morgan fingerprint density at radius 3 is 2.57 bits per heavy atom. The third kappa shape index (κ3) is 4.48. The number of quaternary nitrogens is 1. The number of piperazine rings is 1. The van der Waals surface area contributed by atoms with Crippen LogP contribution in [-0.2, 0) is 0 Å². The predicted molar refractivity (Wildman–Crippen MR) is 119 cm³/mol. The summed E-state index contributed by atoms with van der Waals surface area (Å²) in [6.07, 6.45) is 4.36. The van der Waals surface area contributed by atoms with Crippen LogP contribution in [0.4, 0.5) is 0 Å². The van der Waals surface area contributed by atoms with E-state index in [1.54, 1.807) is 13.0 Å². The van der Waals surface area contributed by atoms with Crippen LogP contribution in [0.2, 0.25) is 5.02 Å². The van der Waals surface area contributed by atoms with Gasteiger partial charge in [-0.1, -0.05) is 71.4 Å². The third-order valence-electron chi connectivity index (χ3n) is 5.48. The minimum atomic E-state index is -0.0393. The van der Waals surface area contributed by atoms with Crippen molar-refractivity contribution in [2.75, 3.05) is 32.7 Å². The van der Waals surface area contributed by atoms with Gasteiger partial charge in [0, 0.05) is 5.56 Å². The molecule has 1 amide bonds. The molecule has 0 bridgehead atoms. The summed E-state index contributed by atoms with van der Waals surface area (Å²) >= 11 is 6.33. The summed E-state index contributed by atoms with van der Waals surface area (Å²) in [5.74, 6) is 0.484. The zero-order valence-electron chi connectivity index (χ0n) is 17.0. The molecule has 1 aliphatic rings. The Balaban J connectivity index is 1.40. The molecule has 6 heteroatoms. The molecule has 1 fully saturated rings. The van der Waals surface area contributed by atoms with Crippen LogP contribution in [0.1, 0.15) is 21.7 Å². The molecule has 2 heterocycles. The standard InChI is InChI=1S/C24H24ClN3O2/c1-18-22(23(26-30-18)20-11-5-6-12-21(20)25)24(29)28-16-14-27(15-17-28)13-7-10-19-8-3-2-4-9-19/h2-12H,13-17H2,1H3/p+1. The van der Waals surface area contributed by atoms with Gasteiger partial charge in [-0.2, -0.15) is 0 Å². The second-order valence-corrected chi connectivity index (χ2v) is 7.91. The lowest BCUT2D eigenvalue weighted by Gasteiger charge is -2.31. The van der Waals surface area contributed by atoms with Crippen LogP contribution in [-0.4, -0.2) is 48.7 Å². The maximum Gasteiger partial charge on any atom is 0.260 e. The molecule has 0 unspecified atom stereocenters. The first-order valence-corrected chi connectivity index (χ1v) is 10.6. The van der Waals surface area contributed by atoms with Gasteiger partial charge in [0.25, 0.3) is 5.91 Å². The van der Waals surface area contributed by atoms with Crippen molar-refractivity contribution < 1.29 is 14.2 Å². The van der Waals surface area contributed by atoms with Gasteiger partial charge in [-0.05, 0) is 24.6 Å². The SMILES string of the molecule is Cc1onc(-c2ccccc2Cl)c1C(=O)N1CC[NH+](CC=Cc2ccccc2)CC1. The van der Waals surface area contributed by atoms with Crippen molar-refractivity contribution >= 4 is 23.6 Å². The molecule has 2 aromatic carbocycles. The summed E-state index contributed by atoms with van der Waals surface area (Å²) < 4.78 is 5.36. The first kappa shape index (κ1) is 20.4. The van der Waals surface area contributed by atoms with Gasteiger partial charge in [0.05, 0.1) is 37.7 Å². The number of hydrogen-bond donors (Lipinski definition) is 1. The molecule has 0 atom stereocenters. The number of aromatic nitrogens is 1. The van der Waals surface area contributed by atoms with E-state index in [4.69, 9.17) is 16.1 Å². The van der Waals surface area contributed by atoms with Gasteiger partial charge in [0.15, 0.2) is 0 Å². The van der Waals surface area contributed by atoms with E-state index in [-0.39, 0.29) is 5.91 Å². The Morgan fingerprint density at radius 2 is 1.83 bits per heavy atom. The van der Waals surface area contributed by atoms with Crippen molar-refractivity contribution in [1.29, 1.82) is 0 Å². The van der Waals surface area contributed by atoms with Gasteiger partial charge in [-0.15, -0.1) is 0 Å². The lowest BCUT2D eigenvalue weighted by atomic mass is 10.0. The van der Waals surface area contributed by atoms with Crippen LogP contribution in [0.5, 0.6) is 0 Å². The second-order valence-electron chi connectivity index (χ2n) is 7.50. The molecule has 4 rings (SSSR count). The molecule has 3 aromatic rings. The quantitative estimate of drug-likeness (QED) is 0.686. The maximum atomic E-state index is 13.3. The van der Waals surface area contributed by atoms with Gasteiger partial charge in [-0.25, -0.2) is 0 Å². The van der Waals surface area contributed by atoms with Gasteiger partial charge < -0.3 is 14.3 Å². The highest BCUT2D eigenvalue weighted by Gasteiger charge is 2.30. The summed E-state index contributed by atoms with van der Waals surface area (Å²) in [5.41, 5.74) is 2.95. The van der Waals surface area contributed by atoms with Crippen LogP contribution in [0.3, 0.4) is 0 Å². The van der Waals surface area contributed by atoms with Crippen molar-refractivity contribution in [3.63, 3.8) is 0 Å². The van der Waals surface area contributed by atoms with E-state index in [1.165, 1.54) is 10.5 Å². The van der Waals surface area contributed by atoms with E-state index in [2.05, 4.69) is 29.4 Å². The average Bonchev–Trinajstić information content (AvgIpc) is 3.16. The van der Waals surface area contributed by atoms with Crippen molar-refractivity contribution in [2.24, 2.45) is 0 Å². The second kappa shape index (κ2) is 9.28. The number of benzene rings is 2. The van der Waals surface area contributed by atoms with Crippen LogP contribution in [0, 0.1) is 6.92 Å². The molecule has 1 aliphatic heterocycles. The van der Waals surface area contributed by atoms with Crippen LogP contribution < -0.4 is 4.90 Å². The van der Waals surface area contributed by atoms with Crippen molar-refractivity contribution in [2.45, 2.75) is 6.92 Å². The van der Waals surface area contributed by atoms with E-state index < -0.39 is 0 Å². The Kier molecular flexibility index (Phi) is 6.31. The van der Waals surface area contributed by atoms with Gasteiger partial charge in [-0.3, -0.25) is 4.79 Å². The number of aryl methyl sites for hydroxylation is 1.